The number of likely N-dealkylation sites (N-methyl/N-ethyl adjacent to an activating group) is 2. The van der Waals surface area contributed by atoms with E-state index in [1.165, 1.54) is 0 Å². The summed E-state index contributed by atoms with van der Waals surface area (Å²) in [6.45, 7) is 4.85. The Morgan fingerprint density at radius 1 is 1.17 bits per heavy atom. The average molecular weight is 329 g/mol. The van der Waals surface area contributed by atoms with Crippen LogP contribution in [0.1, 0.15) is 12.5 Å². The molecule has 0 atom stereocenters. The maximum Gasteiger partial charge on any atom is 0.138 e. The summed E-state index contributed by atoms with van der Waals surface area (Å²) in [4.78, 5) is 7.22. The summed E-state index contributed by atoms with van der Waals surface area (Å²) < 4.78 is 0. The van der Waals surface area contributed by atoms with Gasteiger partial charge in [-0.05, 0) is 44.3 Å². The number of para-hydroxylation sites is 1. The molecular formula is C18H21ClN4. The van der Waals surface area contributed by atoms with Crippen molar-refractivity contribution < 1.29 is 0 Å². The van der Waals surface area contributed by atoms with Crippen LogP contribution in [0.15, 0.2) is 47.5 Å². The van der Waals surface area contributed by atoms with E-state index in [9.17, 15) is 0 Å². The van der Waals surface area contributed by atoms with Crippen molar-refractivity contribution in [3.05, 3.63) is 53.1 Å². The number of nitrogens with zero attached hydrogens (tertiary/aromatic N) is 2. The first-order valence-corrected chi connectivity index (χ1v) is 8.25. The molecule has 1 heterocycles. The van der Waals surface area contributed by atoms with E-state index in [2.05, 4.69) is 34.6 Å². The Balaban J connectivity index is 2.12. The van der Waals surface area contributed by atoms with Crippen molar-refractivity contribution in [1.82, 2.24) is 10.2 Å². The lowest BCUT2D eigenvalue weighted by Crippen LogP contribution is -2.36. The summed E-state index contributed by atoms with van der Waals surface area (Å²) in [6.07, 6.45) is 0. The molecule has 0 amide bonds. The smallest absolute Gasteiger partial charge is 0.138 e. The first kappa shape index (κ1) is 15.8. The monoisotopic (exact) mass is 328 g/mol. The zero-order chi connectivity index (χ0) is 16.2. The Hall–Kier alpha value is -2.04. The summed E-state index contributed by atoms with van der Waals surface area (Å²) in [5.74, 6) is 0.979. The summed E-state index contributed by atoms with van der Waals surface area (Å²) in [7, 11) is 1.97. The van der Waals surface area contributed by atoms with E-state index in [1.807, 2.05) is 37.4 Å². The number of nitrogens with one attached hydrogen (secondary N) is 2. The van der Waals surface area contributed by atoms with E-state index in [4.69, 9.17) is 16.6 Å². The van der Waals surface area contributed by atoms with Crippen LogP contribution < -0.4 is 10.6 Å². The van der Waals surface area contributed by atoms with E-state index in [0.717, 1.165) is 48.1 Å². The van der Waals surface area contributed by atoms with Crippen LogP contribution in [-0.2, 0) is 0 Å². The predicted molar refractivity (Wildman–Crippen MR) is 98.5 cm³/mol. The molecule has 0 aliphatic carbocycles. The predicted octanol–water partition coefficient (Wildman–Crippen LogP) is 4.02. The fourth-order valence-electron chi connectivity index (χ4n) is 2.71. The SMILES string of the molecule is CCN(CCNC)C1=Nc2cc(Cl)ccc2Nc2ccccc21. The molecule has 2 aromatic carbocycles. The topological polar surface area (TPSA) is 39.7 Å². The quantitative estimate of drug-likeness (QED) is 0.890. The van der Waals surface area contributed by atoms with Crippen LogP contribution >= 0.6 is 11.6 Å². The summed E-state index contributed by atoms with van der Waals surface area (Å²) in [5.41, 5.74) is 4.01. The highest BCUT2D eigenvalue weighted by molar-refractivity contribution is 6.31. The zero-order valence-electron chi connectivity index (χ0n) is 13.4. The number of rotatable bonds is 4. The third-order valence-electron chi connectivity index (χ3n) is 3.94. The second kappa shape index (κ2) is 7.02. The van der Waals surface area contributed by atoms with Crippen molar-refractivity contribution in [3.8, 4) is 0 Å². The number of halogens is 1. The van der Waals surface area contributed by atoms with Crippen molar-refractivity contribution in [1.29, 1.82) is 0 Å². The molecule has 0 spiro atoms. The van der Waals surface area contributed by atoms with E-state index in [-0.39, 0.29) is 0 Å². The van der Waals surface area contributed by atoms with Gasteiger partial charge in [0.2, 0.25) is 0 Å². The number of amidine groups is 1. The Labute approximate surface area is 142 Å². The molecule has 3 rings (SSSR count). The molecule has 0 saturated heterocycles. The van der Waals surface area contributed by atoms with Gasteiger partial charge in [0.15, 0.2) is 0 Å². The first-order valence-electron chi connectivity index (χ1n) is 7.87. The van der Waals surface area contributed by atoms with E-state index < -0.39 is 0 Å². The Morgan fingerprint density at radius 2 is 2.00 bits per heavy atom. The highest BCUT2D eigenvalue weighted by Gasteiger charge is 2.20. The lowest BCUT2D eigenvalue weighted by molar-refractivity contribution is 0.438. The number of anilines is 2. The molecule has 120 valence electrons. The maximum absolute atomic E-state index is 6.17. The minimum atomic E-state index is 0.692. The molecule has 0 aromatic heterocycles. The van der Waals surface area contributed by atoms with Gasteiger partial charge in [-0.3, -0.25) is 0 Å². The fourth-order valence-corrected chi connectivity index (χ4v) is 2.88. The van der Waals surface area contributed by atoms with E-state index in [0.29, 0.717) is 5.02 Å². The number of fused-ring (bicyclic) bond motifs is 2. The molecule has 0 fully saturated rings. The standard InChI is InChI=1S/C18H21ClN4/c1-3-23(11-10-20-2)18-14-6-4-5-7-15(14)21-16-9-8-13(19)12-17(16)22-18/h4-9,12,20-21H,3,10-11H2,1-2H3. The fraction of sp³-hybridized carbons (Fsp3) is 0.278. The van der Waals surface area contributed by atoms with Crippen molar-refractivity contribution in [3.63, 3.8) is 0 Å². The average Bonchev–Trinajstić information content (AvgIpc) is 2.72. The van der Waals surface area contributed by atoms with Gasteiger partial charge < -0.3 is 15.5 Å². The van der Waals surface area contributed by atoms with Gasteiger partial charge in [0.05, 0.1) is 11.4 Å². The Kier molecular flexibility index (Phi) is 4.84. The minimum Gasteiger partial charge on any atom is -0.355 e. The highest BCUT2D eigenvalue weighted by Crippen LogP contribution is 2.36. The van der Waals surface area contributed by atoms with Gasteiger partial charge in [0.1, 0.15) is 5.84 Å². The van der Waals surface area contributed by atoms with Gasteiger partial charge in [0.25, 0.3) is 0 Å². The van der Waals surface area contributed by atoms with E-state index in [1.54, 1.807) is 0 Å². The van der Waals surface area contributed by atoms with Gasteiger partial charge in [-0.1, -0.05) is 23.7 Å². The van der Waals surface area contributed by atoms with Crippen LogP contribution in [-0.4, -0.2) is 37.4 Å². The van der Waals surface area contributed by atoms with Gasteiger partial charge in [-0.2, -0.15) is 0 Å². The second-order valence-corrected chi connectivity index (χ2v) is 5.89. The highest BCUT2D eigenvalue weighted by atomic mass is 35.5. The summed E-state index contributed by atoms with van der Waals surface area (Å²) in [5, 5.41) is 7.38. The molecule has 23 heavy (non-hydrogen) atoms. The second-order valence-electron chi connectivity index (χ2n) is 5.45. The normalized spacial score (nSPS) is 12.6. The molecule has 0 radical (unpaired) electrons. The molecule has 0 bridgehead atoms. The number of aliphatic imine (C=N–C) groups is 1. The number of benzene rings is 2. The molecule has 1 aliphatic rings. The third-order valence-corrected chi connectivity index (χ3v) is 4.17. The lowest BCUT2D eigenvalue weighted by Gasteiger charge is -2.25. The zero-order valence-corrected chi connectivity index (χ0v) is 14.2. The Morgan fingerprint density at radius 3 is 2.78 bits per heavy atom. The summed E-state index contributed by atoms with van der Waals surface area (Å²) in [6, 6.07) is 14.0. The van der Waals surface area contributed by atoms with Crippen molar-refractivity contribution in [2.45, 2.75) is 6.92 Å². The first-order chi connectivity index (χ1) is 11.2. The molecule has 1 aliphatic heterocycles. The van der Waals surface area contributed by atoms with Gasteiger partial charge in [-0.25, -0.2) is 4.99 Å². The number of hydrogen-bond acceptors (Lipinski definition) is 4. The molecule has 0 unspecified atom stereocenters. The Bertz CT molecular complexity index is 727. The van der Waals surface area contributed by atoms with Crippen LogP contribution in [0.4, 0.5) is 17.1 Å². The molecule has 4 nitrogen and oxygen atoms in total. The molecular weight excluding hydrogens is 308 g/mol. The molecule has 0 saturated carbocycles. The minimum absolute atomic E-state index is 0.692. The van der Waals surface area contributed by atoms with Crippen LogP contribution in [0.5, 0.6) is 0 Å². The van der Waals surface area contributed by atoms with Crippen molar-refractivity contribution >= 4 is 34.5 Å². The van der Waals surface area contributed by atoms with Crippen LogP contribution in [0.25, 0.3) is 0 Å². The molecule has 2 aromatic rings. The largest absolute Gasteiger partial charge is 0.355 e. The van der Waals surface area contributed by atoms with Gasteiger partial charge in [-0.15, -0.1) is 0 Å². The third kappa shape index (κ3) is 3.33. The van der Waals surface area contributed by atoms with E-state index >= 15 is 0 Å². The van der Waals surface area contributed by atoms with Gasteiger partial charge >= 0.3 is 0 Å². The molecule has 2 N–H and O–H groups in total. The number of hydrogen-bond donors (Lipinski definition) is 2. The van der Waals surface area contributed by atoms with Crippen molar-refractivity contribution in [2.24, 2.45) is 4.99 Å². The van der Waals surface area contributed by atoms with Crippen LogP contribution in [0, 0.1) is 0 Å². The van der Waals surface area contributed by atoms with Crippen LogP contribution in [0.2, 0.25) is 5.02 Å². The lowest BCUT2D eigenvalue weighted by atomic mass is 10.1. The maximum atomic E-state index is 6.17. The summed E-state index contributed by atoms with van der Waals surface area (Å²) >= 11 is 6.17. The van der Waals surface area contributed by atoms with Crippen LogP contribution in [0.3, 0.4) is 0 Å². The van der Waals surface area contributed by atoms with Crippen molar-refractivity contribution in [2.75, 3.05) is 32.0 Å². The molecule has 5 heteroatoms. The van der Waals surface area contributed by atoms with Gasteiger partial charge in [0, 0.05) is 35.9 Å².